The Kier molecular flexibility index (Phi) is 6.46. The fraction of sp³-hybridized carbons (Fsp3) is 0.243. The molecular weight excluding hydrogens is 518 g/mol. The average molecular weight is 554 g/mol. The summed E-state index contributed by atoms with van der Waals surface area (Å²) in [4.78, 5) is 10.3. The van der Waals surface area contributed by atoms with Gasteiger partial charge in [-0.3, -0.25) is 4.57 Å². The molecule has 0 amide bonds. The van der Waals surface area contributed by atoms with Gasteiger partial charge >= 0.3 is 0 Å². The molecule has 0 fully saturated rings. The molecule has 0 spiro atoms. The van der Waals surface area contributed by atoms with Gasteiger partial charge in [0.15, 0.2) is 5.58 Å². The number of aromatic nitrogens is 3. The number of imidazole rings is 1. The van der Waals surface area contributed by atoms with Gasteiger partial charge in [0.25, 0.3) is 0 Å². The molecule has 7 rings (SSSR count). The lowest BCUT2D eigenvalue weighted by atomic mass is 9.92. The monoisotopic (exact) mass is 553 g/mol. The van der Waals surface area contributed by atoms with Gasteiger partial charge in [-0.15, -0.1) is 0 Å². The van der Waals surface area contributed by atoms with Gasteiger partial charge in [-0.25, -0.2) is 9.97 Å². The van der Waals surface area contributed by atoms with Gasteiger partial charge in [0.05, 0.1) is 34.6 Å². The topological polar surface area (TPSA) is 53.1 Å². The Morgan fingerprint density at radius 3 is 2.24 bits per heavy atom. The van der Waals surface area contributed by atoms with Crippen molar-refractivity contribution in [2.75, 3.05) is 7.11 Å². The minimum absolute atomic E-state index is 0.376. The van der Waals surface area contributed by atoms with Crippen molar-refractivity contribution in [1.82, 2.24) is 14.5 Å². The minimum Gasteiger partial charge on any atom is -0.496 e. The molecule has 0 aliphatic heterocycles. The number of methoxy groups -OCH3 is 1. The summed E-state index contributed by atoms with van der Waals surface area (Å²) in [5.74, 6) is 2.47. The van der Waals surface area contributed by atoms with E-state index in [1.807, 2.05) is 30.3 Å². The normalized spacial score (nSPS) is 13.0. The Balaban J connectivity index is 1.45. The lowest BCUT2D eigenvalue weighted by Crippen LogP contribution is -2.32. The summed E-state index contributed by atoms with van der Waals surface area (Å²) in [6, 6.07) is 25.2. The van der Waals surface area contributed by atoms with Gasteiger partial charge in [-0.1, -0.05) is 82.3 Å². The van der Waals surface area contributed by atoms with Crippen molar-refractivity contribution in [2.24, 2.45) is 0 Å². The first-order valence-electron chi connectivity index (χ1n) is 14.8. The van der Waals surface area contributed by atoms with Crippen LogP contribution < -0.4 is 15.4 Å². The summed E-state index contributed by atoms with van der Waals surface area (Å²) in [5.41, 5.74) is 9.23. The third-order valence-corrected chi connectivity index (χ3v) is 8.29. The molecule has 3 aromatic heterocycles. The third-order valence-electron chi connectivity index (χ3n) is 8.29. The second kappa shape index (κ2) is 10.3. The smallest absolute Gasteiger partial charge is 0.154 e. The first-order chi connectivity index (χ1) is 20.4. The van der Waals surface area contributed by atoms with Crippen molar-refractivity contribution in [3.63, 3.8) is 0 Å². The molecule has 210 valence electrons. The van der Waals surface area contributed by atoms with E-state index in [0.29, 0.717) is 11.8 Å². The molecule has 5 nitrogen and oxygen atoms in total. The van der Waals surface area contributed by atoms with Gasteiger partial charge in [0.1, 0.15) is 22.7 Å². The highest BCUT2D eigenvalue weighted by atomic mass is 16.5. The number of hydrogen-bond acceptors (Lipinski definition) is 4. The molecule has 0 atom stereocenters. The maximum atomic E-state index is 6.09. The van der Waals surface area contributed by atoms with Gasteiger partial charge in [-0.05, 0) is 66.1 Å². The van der Waals surface area contributed by atoms with Crippen molar-refractivity contribution < 1.29 is 9.15 Å². The second-order valence-electron chi connectivity index (χ2n) is 11.7. The Hall–Kier alpha value is -4.64. The third kappa shape index (κ3) is 4.23. The molecule has 0 bridgehead atoms. The minimum atomic E-state index is 0.376. The van der Waals surface area contributed by atoms with Crippen molar-refractivity contribution in [3.8, 4) is 34.1 Å². The molecule has 0 saturated heterocycles. The number of rotatable bonds is 6. The maximum Gasteiger partial charge on any atom is 0.154 e. The van der Waals surface area contributed by atoms with Crippen molar-refractivity contribution in [1.29, 1.82) is 0 Å². The highest BCUT2D eigenvalue weighted by Crippen LogP contribution is 2.37. The predicted molar refractivity (Wildman–Crippen MR) is 172 cm³/mol. The molecule has 3 aromatic carbocycles. The number of fused-ring (bicyclic) bond motifs is 4. The van der Waals surface area contributed by atoms with Gasteiger partial charge < -0.3 is 9.15 Å². The number of benzene rings is 3. The molecular formula is C37H35N3O2. The Morgan fingerprint density at radius 1 is 0.762 bits per heavy atom. The Morgan fingerprint density at radius 2 is 1.48 bits per heavy atom. The highest BCUT2D eigenvalue weighted by Gasteiger charge is 2.22. The number of ether oxygens (including phenoxy) is 1. The Labute approximate surface area is 245 Å². The summed E-state index contributed by atoms with van der Waals surface area (Å²) in [5, 5.41) is 3.15. The molecule has 3 heterocycles. The number of pyridine rings is 1. The summed E-state index contributed by atoms with van der Waals surface area (Å²) < 4.78 is 14.2. The van der Waals surface area contributed by atoms with Gasteiger partial charge in [0.2, 0.25) is 0 Å². The SMILES string of the molecule is COc1cccc2oc3ccc(-c4cccc(-c5nc6c(n5-c5c(C(C)C)cccc5C(C)C)=CCCC=6)c4)nc3c12. The molecule has 0 saturated carbocycles. The first-order valence-corrected chi connectivity index (χ1v) is 14.8. The van der Waals surface area contributed by atoms with E-state index in [-0.39, 0.29) is 0 Å². The van der Waals surface area contributed by atoms with Crippen molar-refractivity contribution >= 4 is 34.2 Å². The summed E-state index contributed by atoms with van der Waals surface area (Å²) in [6.45, 7) is 9.11. The molecule has 6 aromatic rings. The quantitative estimate of drug-likeness (QED) is 0.209. The van der Waals surface area contributed by atoms with Crippen LogP contribution in [0.1, 0.15) is 63.5 Å². The van der Waals surface area contributed by atoms with E-state index in [1.165, 1.54) is 22.2 Å². The summed E-state index contributed by atoms with van der Waals surface area (Å²) in [6.07, 6.45) is 6.66. The van der Waals surface area contributed by atoms with Gasteiger partial charge in [0, 0.05) is 11.1 Å². The van der Waals surface area contributed by atoms with Crippen LogP contribution in [-0.2, 0) is 0 Å². The number of furan rings is 1. The predicted octanol–water partition coefficient (Wildman–Crippen LogP) is 8.11. The molecule has 42 heavy (non-hydrogen) atoms. The first kappa shape index (κ1) is 26.3. The molecule has 1 aliphatic rings. The maximum absolute atomic E-state index is 6.09. The number of para-hydroxylation sites is 1. The van der Waals surface area contributed by atoms with E-state index in [0.717, 1.165) is 68.7 Å². The van der Waals surface area contributed by atoms with E-state index in [9.17, 15) is 0 Å². The average Bonchev–Trinajstić information content (AvgIpc) is 3.59. The summed E-state index contributed by atoms with van der Waals surface area (Å²) in [7, 11) is 1.68. The largest absolute Gasteiger partial charge is 0.496 e. The van der Waals surface area contributed by atoms with E-state index in [2.05, 4.69) is 86.9 Å². The second-order valence-corrected chi connectivity index (χ2v) is 11.7. The van der Waals surface area contributed by atoms with Gasteiger partial charge in [-0.2, -0.15) is 0 Å². The van der Waals surface area contributed by atoms with E-state index in [1.54, 1.807) is 7.11 Å². The zero-order valence-corrected chi connectivity index (χ0v) is 24.8. The fourth-order valence-corrected chi connectivity index (χ4v) is 6.23. The van der Waals surface area contributed by atoms with Crippen LogP contribution in [0.25, 0.3) is 62.6 Å². The van der Waals surface area contributed by atoms with Crippen LogP contribution >= 0.6 is 0 Å². The fourth-order valence-electron chi connectivity index (χ4n) is 6.23. The van der Waals surface area contributed by atoms with Crippen LogP contribution in [0.15, 0.2) is 77.2 Å². The zero-order valence-electron chi connectivity index (χ0n) is 24.8. The van der Waals surface area contributed by atoms with Crippen LogP contribution in [0.5, 0.6) is 5.75 Å². The molecule has 1 aliphatic carbocycles. The highest BCUT2D eigenvalue weighted by molar-refractivity contribution is 6.06. The molecule has 5 heteroatoms. The van der Waals surface area contributed by atoms with Crippen LogP contribution in [0.3, 0.4) is 0 Å². The van der Waals surface area contributed by atoms with E-state index in [4.69, 9.17) is 19.1 Å². The molecule has 0 unspecified atom stereocenters. The van der Waals surface area contributed by atoms with Crippen LogP contribution in [0, 0.1) is 0 Å². The number of nitrogens with zero attached hydrogens (tertiary/aromatic N) is 3. The zero-order chi connectivity index (χ0) is 29.0. The van der Waals surface area contributed by atoms with Crippen molar-refractivity contribution in [2.45, 2.75) is 52.4 Å². The lowest BCUT2D eigenvalue weighted by molar-refractivity contribution is 0.420. The van der Waals surface area contributed by atoms with Crippen LogP contribution in [0.2, 0.25) is 0 Å². The van der Waals surface area contributed by atoms with Crippen LogP contribution in [0.4, 0.5) is 0 Å². The van der Waals surface area contributed by atoms with Crippen molar-refractivity contribution in [3.05, 3.63) is 94.6 Å². The Bertz CT molecular complexity index is 2070. The molecule has 0 N–H and O–H groups in total. The summed E-state index contributed by atoms with van der Waals surface area (Å²) >= 11 is 0. The standard InChI is InChI=1S/C37H35N3O2/c1-22(2)26-13-9-14-27(23(3)4)36(26)40-30-16-7-6-15-29(30)39-37(40)25-12-8-11-24(21-25)28-19-20-33-35(38-28)34-31(41-5)17-10-18-32(34)42-33/h8-23H,6-7H2,1-5H3. The lowest BCUT2D eigenvalue weighted by Gasteiger charge is -2.22. The van der Waals surface area contributed by atoms with E-state index >= 15 is 0 Å². The van der Waals surface area contributed by atoms with E-state index < -0.39 is 0 Å². The number of hydrogen-bond donors (Lipinski definition) is 0. The van der Waals surface area contributed by atoms with Crippen LogP contribution in [-0.4, -0.2) is 21.6 Å². The molecule has 0 radical (unpaired) electrons.